The van der Waals surface area contributed by atoms with E-state index >= 15 is 0 Å². The summed E-state index contributed by atoms with van der Waals surface area (Å²) < 4.78 is 19.8. The molecule has 154 valence electrons. The highest BCUT2D eigenvalue weighted by Crippen LogP contribution is 2.18. The van der Waals surface area contributed by atoms with E-state index in [1.165, 1.54) is 17.7 Å². The summed E-state index contributed by atoms with van der Waals surface area (Å²) in [6, 6.07) is 16.6. The minimum Gasteiger partial charge on any atom is -0.376 e. The van der Waals surface area contributed by atoms with E-state index in [4.69, 9.17) is 10.00 Å². The summed E-state index contributed by atoms with van der Waals surface area (Å²) in [5.74, 6) is 0.865. The largest absolute Gasteiger partial charge is 0.376 e. The number of nitriles is 1. The first-order valence-electron chi connectivity index (χ1n) is 9.45. The van der Waals surface area contributed by atoms with Crippen LogP contribution in [0.4, 0.5) is 4.39 Å². The van der Waals surface area contributed by atoms with Gasteiger partial charge in [-0.1, -0.05) is 30.3 Å². The normalized spacial score (nSPS) is 16.2. The molecule has 0 bridgehead atoms. The Balaban J connectivity index is 0.00000300. The van der Waals surface area contributed by atoms with Crippen LogP contribution in [-0.4, -0.2) is 37.6 Å². The molecule has 0 spiro atoms. The SMILES string of the molecule is CN=C(NCc1cc(C#N)ccc1F)N1CCC(COCc2ccccc2)C1.I. The zero-order chi connectivity index (χ0) is 19.8. The van der Waals surface area contributed by atoms with E-state index in [0.29, 0.717) is 36.8 Å². The topological polar surface area (TPSA) is 60.7 Å². The zero-order valence-corrected chi connectivity index (χ0v) is 18.8. The fourth-order valence-electron chi connectivity index (χ4n) is 3.37. The van der Waals surface area contributed by atoms with E-state index in [0.717, 1.165) is 25.5 Å². The minimum atomic E-state index is -0.324. The smallest absolute Gasteiger partial charge is 0.193 e. The van der Waals surface area contributed by atoms with E-state index in [2.05, 4.69) is 27.3 Å². The van der Waals surface area contributed by atoms with Crippen molar-refractivity contribution in [3.63, 3.8) is 0 Å². The summed E-state index contributed by atoms with van der Waals surface area (Å²) >= 11 is 0. The molecule has 0 radical (unpaired) electrons. The summed E-state index contributed by atoms with van der Waals surface area (Å²) in [5, 5.41) is 12.2. The maximum atomic E-state index is 14.0. The van der Waals surface area contributed by atoms with Crippen LogP contribution in [0.3, 0.4) is 0 Å². The molecule has 1 atom stereocenters. The van der Waals surface area contributed by atoms with Gasteiger partial charge in [-0.15, -0.1) is 24.0 Å². The number of rotatable bonds is 6. The third kappa shape index (κ3) is 6.68. The molecule has 1 N–H and O–H groups in total. The van der Waals surface area contributed by atoms with Gasteiger partial charge in [-0.3, -0.25) is 4.99 Å². The van der Waals surface area contributed by atoms with Crippen LogP contribution in [0, 0.1) is 23.1 Å². The Hall–Kier alpha value is -2.18. The van der Waals surface area contributed by atoms with Crippen LogP contribution in [0.1, 0.15) is 23.1 Å². The van der Waals surface area contributed by atoms with Crippen LogP contribution in [0.15, 0.2) is 53.5 Å². The van der Waals surface area contributed by atoms with Gasteiger partial charge in [-0.2, -0.15) is 5.26 Å². The number of nitrogens with zero attached hydrogens (tertiary/aromatic N) is 3. The van der Waals surface area contributed by atoms with Crippen molar-refractivity contribution in [3.8, 4) is 6.07 Å². The van der Waals surface area contributed by atoms with Crippen molar-refractivity contribution in [1.82, 2.24) is 10.2 Å². The lowest BCUT2D eigenvalue weighted by atomic mass is 10.1. The van der Waals surface area contributed by atoms with Crippen LogP contribution in [0.25, 0.3) is 0 Å². The average molecular weight is 508 g/mol. The van der Waals surface area contributed by atoms with Crippen LogP contribution in [0.5, 0.6) is 0 Å². The Labute approximate surface area is 188 Å². The molecule has 1 aliphatic rings. The van der Waals surface area contributed by atoms with E-state index in [1.54, 1.807) is 13.1 Å². The summed E-state index contributed by atoms with van der Waals surface area (Å²) in [7, 11) is 1.73. The first kappa shape index (κ1) is 23.1. The predicted octanol–water partition coefficient (Wildman–Crippen LogP) is 3.93. The molecule has 5 nitrogen and oxygen atoms in total. The molecule has 1 unspecified atom stereocenters. The Kier molecular flexibility index (Phi) is 9.35. The molecule has 29 heavy (non-hydrogen) atoms. The molecule has 1 aliphatic heterocycles. The van der Waals surface area contributed by atoms with Gasteiger partial charge in [-0.25, -0.2) is 4.39 Å². The molecule has 3 rings (SSSR count). The van der Waals surface area contributed by atoms with Crippen molar-refractivity contribution >= 4 is 29.9 Å². The monoisotopic (exact) mass is 508 g/mol. The third-order valence-electron chi connectivity index (χ3n) is 4.87. The molecule has 1 heterocycles. The van der Waals surface area contributed by atoms with Gasteiger partial charge in [0.1, 0.15) is 5.82 Å². The Morgan fingerprint density at radius 1 is 1.31 bits per heavy atom. The van der Waals surface area contributed by atoms with Crippen LogP contribution >= 0.6 is 24.0 Å². The third-order valence-corrected chi connectivity index (χ3v) is 4.87. The molecule has 2 aromatic rings. The molecule has 1 saturated heterocycles. The zero-order valence-electron chi connectivity index (χ0n) is 16.5. The number of aliphatic imine (C=N–C) groups is 1. The molecule has 2 aromatic carbocycles. The number of ether oxygens (including phenoxy) is 1. The van der Waals surface area contributed by atoms with E-state index in [-0.39, 0.29) is 29.8 Å². The molecule has 0 aromatic heterocycles. The molecule has 1 fully saturated rings. The maximum absolute atomic E-state index is 14.0. The van der Waals surface area contributed by atoms with Gasteiger partial charge < -0.3 is 15.0 Å². The van der Waals surface area contributed by atoms with E-state index in [9.17, 15) is 4.39 Å². The number of hydrogen-bond acceptors (Lipinski definition) is 3. The molecule has 0 saturated carbocycles. The second kappa shape index (κ2) is 11.7. The second-order valence-corrected chi connectivity index (χ2v) is 6.92. The van der Waals surface area contributed by atoms with Crippen molar-refractivity contribution in [2.75, 3.05) is 26.7 Å². The fourth-order valence-corrected chi connectivity index (χ4v) is 3.37. The Morgan fingerprint density at radius 2 is 2.10 bits per heavy atom. The summed E-state index contributed by atoms with van der Waals surface area (Å²) in [6.45, 7) is 3.37. The molecule has 0 aliphatic carbocycles. The maximum Gasteiger partial charge on any atom is 0.193 e. The highest BCUT2D eigenvalue weighted by molar-refractivity contribution is 14.0. The first-order chi connectivity index (χ1) is 13.7. The number of nitrogens with one attached hydrogen (secondary N) is 1. The first-order valence-corrected chi connectivity index (χ1v) is 9.45. The summed E-state index contributed by atoms with van der Waals surface area (Å²) in [5.41, 5.74) is 2.09. The van der Waals surface area contributed by atoms with Crippen molar-refractivity contribution in [1.29, 1.82) is 5.26 Å². The van der Waals surface area contributed by atoms with Gasteiger partial charge in [0.05, 0.1) is 24.8 Å². The lowest BCUT2D eigenvalue weighted by Crippen LogP contribution is -2.40. The molecular weight excluding hydrogens is 482 g/mol. The highest BCUT2D eigenvalue weighted by Gasteiger charge is 2.25. The van der Waals surface area contributed by atoms with Gasteiger partial charge in [-0.05, 0) is 30.2 Å². The molecule has 0 amide bonds. The Bertz CT molecular complexity index is 854. The van der Waals surface area contributed by atoms with Crippen molar-refractivity contribution < 1.29 is 9.13 Å². The number of hydrogen-bond donors (Lipinski definition) is 1. The van der Waals surface area contributed by atoms with Crippen molar-refractivity contribution in [2.24, 2.45) is 10.9 Å². The van der Waals surface area contributed by atoms with Gasteiger partial charge in [0, 0.05) is 38.2 Å². The lowest BCUT2D eigenvalue weighted by molar-refractivity contribution is 0.0906. The predicted molar refractivity (Wildman–Crippen MR) is 123 cm³/mol. The number of likely N-dealkylation sites (tertiary alicyclic amines) is 1. The number of benzene rings is 2. The Morgan fingerprint density at radius 3 is 2.83 bits per heavy atom. The van der Waals surface area contributed by atoms with Gasteiger partial charge >= 0.3 is 0 Å². The summed E-state index contributed by atoms with van der Waals surface area (Å²) in [6.07, 6.45) is 1.04. The number of guanidine groups is 1. The van der Waals surface area contributed by atoms with Gasteiger partial charge in [0.15, 0.2) is 5.96 Å². The molecular formula is C22H26FIN4O. The van der Waals surface area contributed by atoms with Crippen LogP contribution in [-0.2, 0) is 17.9 Å². The lowest BCUT2D eigenvalue weighted by Gasteiger charge is -2.22. The average Bonchev–Trinajstić information content (AvgIpc) is 3.19. The van der Waals surface area contributed by atoms with Crippen molar-refractivity contribution in [3.05, 3.63) is 71.0 Å². The summed E-state index contributed by atoms with van der Waals surface area (Å²) in [4.78, 5) is 6.49. The van der Waals surface area contributed by atoms with E-state index < -0.39 is 0 Å². The van der Waals surface area contributed by atoms with Gasteiger partial charge in [0.25, 0.3) is 0 Å². The van der Waals surface area contributed by atoms with Crippen LogP contribution in [0.2, 0.25) is 0 Å². The second-order valence-electron chi connectivity index (χ2n) is 6.92. The fraction of sp³-hybridized carbons (Fsp3) is 0.364. The highest BCUT2D eigenvalue weighted by atomic mass is 127. The standard InChI is InChI=1S/C22H25FN4O.HI/c1-25-22(26-13-20-11-18(12-24)7-8-21(20)23)27-10-9-19(14-27)16-28-15-17-5-3-2-4-6-17;/h2-8,11,19H,9-10,13-16H2,1H3,(H,25,26);1H. The van der Waals surface area contributed by atoms with Crippen LogP contribution < -0.4 is 5.32 Å². The molecule has 7 heteroatoms. The van der Waals surface area contributed by atoms with Gasteiger partial charge in [0.2, 0.25) is 0 Å². The minimum absolute atomic E-state index is 0. The number of halogens is 2. The van der Waals surface area contributed by atoms with E-state index in [1.807, 2.05) is 24.3 Å². The van der Waals surface area contributed by atoms with Crippen molar-refractivity contribution in [2.45, 2.75) is 19.6 Å². The quantitative estimate of drug-likeness (QED) is 0.365.